The molecule has 0 heterocycles. The summed E-state index contributed by atoms with van der Waals surface area (Å²) in [5.74, 6) is 1.05. The van der Waals surface area contributed by atoms with E-state index in [0.717, 1.165) is 37.9 Å². The minimum absolute atomic E-state index is 0.280. The van der Waals surface area contributed by atoms with E-state index in [9.17, 15) is 9.59 Å². The number of rotatable bonds is 15. The van der Waals surface area contributed by atoms with Crippen LogP contribution in [0.2, 0.25) is 0 Å². The van der Waals surface area contributed by atoms with Crippen molar-refractivity contribution in [2.75, 3.05) is 19.0 Å². The topological polar surface area (TPSA) is 52.6 Å². The second-order valence-electron chi connectivity index (χ2n) is 7.49. The van der Waals surface area contributed by atoms with Gasteiger partial charge in [-0.3, -0.25) is 0 Å². The second-order valence-corrected chi connectivity index (χ2v) is 8.80. The molecule has 0 aliphatic heterocycles. The summed E-state index contributed by atoms with van der Waals surface area (Å²) in [5.41, 5.74) is 0.369. The number of thiol groups is 1. The first kappa shape index (κ1) is 26.1. The van der Waals surface area contributed by atoms with E-state index < -0.39 is 0 Å². The smallest absolute Gasteiger partial charge is 0.331 e. The lowest BCUT2D eigenvalue weighted by molar-refractivity contribution is -0.139. The lowest BCUT2D eigenvalue weighted by Gasteiger charge is -2.29. The average Bonchev–Trinajstić information content (AvgIpc) is 2.60. The highest BCUT2D eigenvalue weighted by molar-refractivity contribution is 8.02. The average molecular weight is 417 g/mol. The molecule has 0 unspecified atom stereocenters. The second kappa shape index (κ2) is 16.1. The minimum atomic E-state index is -0.368. The normalized spacial score (nSPS) is 12.2. The van der Waals surface area contributed by atoms with Crippen LogP contribution < -0.4 is 0 Å². The highest BCUT2D eigenvalue weighted by Gasteiger charge is 2.21. The predicted octanol–water partition coefficient (Wildman–Crippen LogP) is 5.79. The molecule has 0 amide bonds. The van der Waals surface area contributed by atoms with Gasteiger partial charge in [-0.25, -0.2) is 9.59 Å². The van der Waals surface area contributed by atoms with Gasteiger partial charge >= 0.3 is 11.9 Å². The highest BCUT2D eigenvalue weighted by atomic mass is 32.2. The predicted molar refractivity (Wildman–Crippen MR) is 118 cm³/mol. The van der Waals surface area contributed by atoms with Crippen LogP contribution in [0.5, 0.6) is 0 Å². The number of carbonyl (C=O) groups excluding carboxylic acids is 2. The number of carbonyl (C=O) groups is 2. The van der Waals surface area contributed by atoms with Gasteiger partial charge in [0.1, 0.15) is 0 Å². The summed E-state index contributed by atoms with van der Waals surface area (Å²) in [6.45, 7) is 9.98. The molecule has 0 bridgehead atoms. The number of hydrogen-bond donors (Lipinski definition) is 1. The molecule has 0 aromatic rings. The van der Waals surface area contributed by atoms with Crippen molar-refractivity contribution in [1.82, 2.24) is 0 Å². The van der Waals surface area contributed by atoms with Crippen LogP contribution in [0.4, 0.5) is 0 Å². The fraction of sp³-hybridized carbons (Fsp3) is 0.714. The summed E-state index contributed by atoms with van der Waals surface area (Å²) >= 11 is 5.46. The summed E-state index contributed by atoms with van der Waals surface area (Å²) in [4.78, 5) is 22.6. The van der Waals surface area contributed by atoms with Crippen LogP contribution in [-0.4, -0.2) is 30.9 Å². The van der Waals surface area contributed by atoms with Crippen LogP contribution in [0.25, 0.3) is 0 Å². The Morgan fingerprint density at radius 2 is 1.52 bits per heavy atom. The summed E-state index contributed by atoms with van der Waals surface area (Å²) in [7, 11) is 0. The molecule has 0 aliphatic rings. The Balaban J connectivity index is 3.53. The summed E-state index contributed by atoms with van der Waals surface area (Å²) in [5, 5.41) is 3.19. The van der Waals surface area contributed by atoms with Gasteiger partial charge in [0.2, 0.25) is 0 Å². The van der Waals surface area contributed by atoms with Crippen molar-refractivity contribution in [3.63, 3.8) is 0 Å². The molecule has 4 nitrogen and oxygen atoms in total. The summed E-state index contributed by atoms with van der Waals surface area (Å²) in [6.07, 6.45) is 8.64. The minimum Gasteiger partial charge on any atom is -0.463 e. The molecule has 6 heteroatoms. The molecule has 0 saturated carbocycles. The molecular weight excluding hydrogens is 380 g/mol. The first-order valence-corrected chi connectivity index (χ1v) is 11.3. The van der Waals surface area contributed by atoms with Crippen LogP contribution in [0.15, 0.2) is 23.0 Å². The summed E-state index contributed by atoms with van der Waals surface area (Å²) < 4.78 is 10.1. The Labute approximate surface area is 174 Å². The fourth-order valence-electron chi connectivity index (χ4n) is 2.13. The Bertz CT molecular complexity index is 471. The largest absolute Gasteiger partial charge is 0.463 e. The van der Waals surface area contributed by atoms with E-state index >= 15 is 0 Å². The number of esters is 2. The molecule has 0 aromatic carbocycles. The zero-order valence-corrected chi connectivity index (χ0v) is 19.0. The molecule has 0 aliphatic carbocycles. The van der Waals surface area contributed by atoms with Crippen molar-refractivity contribution in [3.05, 3.63) is 23.0 Å². The molecule has 0 spiro atoms. The molecule has 0 aromatic heterocycles. The third-order valence-corrected chi connectivity index (χ3v) is 5.69. The number of thioether (sulfide) groups is 1. The van der Waals surface area contributed by atoms with Crippen molar-refractivity contribution in [3.8, 4) is 0 Å². The molecule has 0 atom stereocenters. The molecule has 0 radical (unpaired) electrons. The van der Waals surface area contributed by atoms with Crippen molar-refractivity contribution in [1.29, 1.82) is 0 Å². The van der Waals surface area contributed by atoms with E-state index in [1.54, 1.807) is 11.8 Å². The Morgan fingerprint density at radius 1 is 0.963 bits per heavy atom. The van der Waals surface area contributed by atoms with E-state index in [2.05, 4.69) is 40.3 Å². The highest BCUT2D eigenvalue weighted by Crippen LogP contribution is 2.31. The molecular formula is C21H36O4S2. The molecule has 0 rings (SSSR count). The van der Waals surface area contributed by atoms with Crippen LogP contribution in [-0.2, 0) is 19.1 Å². The fourth-order valence-corrected chi connectivity index (χ4v) is 2.91. The van der Waals surface area contributed by atoms with E-state index in [4.69, 9.17) is 9.47 Å². The van der Waals surface area contributed by atoms with Crippen LogP contribution in [0, 0.1) is 11.3 Å². The van der Waals surface area contributed by atoms with Gasteiger partial charge in [0.25, 0.3) is 0 Å². The maximum atomic E-state index is 11.6. The molecule has 156 valence electrons. The Kier molecular flexibility index (Phi) is 15.6. The number of ether oxygens (including phenoxy) is 2. The van der Waals surface area contributed by atoms with Crippen molar-refractivity contribution >= 4 is 36.3 Å². The maximum Gasteiger partial charge on any atom is 0.331 e. The van der Waals surface area contributed by atoms with E-state index in [1.807, 2.05) is 5.41 Å². The molecule has 27 heavy (non-hydrogen) atoms. The standard InChI is InChI=1S/C21H36O4S2/c1-18(2)21(3,4)12-9-16-27-17-11-20(23)25-14-8-6-5-7-13-24-19(22)10-15-26/h10-11,15,17-18,26H,5-9,12-14,16H2,1-4H3/b15-10+,17-11+. The quantitative estimate of drug-likeness (QED) is 0.159. The maximum absolute atomic E-state index is 11.6. The number of unbranched alkanes of at least 4 members (excludes halogenated alkanes) is 3. The van der Waals surface area contributed by atoms with E-state index in [1.165, 1.54) is 24.0 Å². The van der Waals surface area contributed by atoms with Gasteiger partial charge in [0, 0.05) is 12.2 Å². The van der Waals surface area contributed by atoms with Gasteiger partial charge in [0.15, 0.2) is 0 Å². The van der Waals surface area contributed by atoms with Crippen molar-refractivity contribution in [2.24, 2.45) is 11.3 Å². The summed E-state index contributed by atoms with van der Waals surface area (Å²) in [6, 6.07) is 0. The Hall–Kier alpha value is -0.880. The van der Waals surface area contributed by atoms with Gasteiger partial charge < -0.3 is 9.47 Å². The first-order valence-electron chi connectivity index (χ1n) is 9.72. The van der Waals surface area contributed by atoms with Gasteiger partial charge in [-0.2, -0.15) is 12.6 Å². The molecule has 0 fully saturated rings. The van der Waals surface area contributed by atoms with Crippen molar-refractivity contribution < 1.29 is 19.1 Å². The monoisotopic (exact) mass is 416 g/mol. The SMILES string of the molecule is CC(C)C(C)(C)CCCS/C=C/C(=O)OCCCCCCOC(=O)/C=C/S. The zero-order valence-electron chi connectivity index (χ0n) is 17.2. The van der Waals surface area contributed by atoms with Crippen LogP contribution in [0.3, 0.4) is 0 Å². The van der Waals surface area contributed by atoms with Gasteiger partial charge in [-0.05, 0) is 66.4 Å². The number of hydrogen-bond acceptors (Lipinski definition) is 6. The van der Waals surface area contributed by atoms with Gasteiger partial charge in [0.05, 0.1) is 13.2 Å². The van der Waals surface area contributed by atoms with E-state index in [-0.39, 0.29) is 11.9 Å². The molecule has 0 saturated heterocycles. The third-order valence-electron chi connectivity index (χ3n) is 4.68. The zero-order chi connectivity index (χ0) is 20.5. The van der Waals surface area contributed by atoms with E-state index in [0.29, 0.717) is 24.5 Å². The lowest BCUT2D eigenvalue weighted by Crippen LogP contribution is -2.19. The van der Waals surface area contributed by atoms with Crippen LogP contribution in [0.1, 0.15) is 66.2 Å². The van der Waals surface area contributed by atoms with Crippen molar-refractivity contribution in [2.45, 2.75) is 66.2 Å². The van der Waals surface area contributed by atoms with Gasteiger partial charge in [-0.1, -0.05) is 27.7 Å². The van der Waals surface area contributed by atoms with Gasteiger partial charge in [-0.15, -0.1) is 11.8 Å². The first-order chi connectivity index (χ1) is 12.8. The van der Waals surface area contributed by atoms with Crippen LogP contribution >= 0.6 is 24.4 Å². The molecule has 0 N–H and O–H groups in total. The lowest BCUT2D eigenvalue weighted by atomic mass is 9.78. The Morgan fingerprint density at radius 3 is 2.04 bits per heavy atom. The third kappa shape index (κ3) is 15.8.